The van der Waals surface area contributed by atoms with Crippen molar-refractivity contribution < 1.29 is 4.74 Å². The number of aryl methyl sites for hydroxylation is 2. The lowest BCUT2D eigenvalue weighted by Gasteiger charge is -2.12. The molecule has 90 valence electrons. The number of nitrogens with zero attached hydrogens (tertiary/aromatic N) is 1. The number of hydrogen-bond acceptors (Lipinski definition) is 3. The molecule has 0 spiro atoms. The van der Waals surface area contributed by atoms with E-state index in [4.69, 9.17) is 4.74 Å². The van der Waals surface area contributed by atoms with E-state index in [2.05, 4.69) is 36.3 Å². The summed E-state index contributed by atoms with van der Waals surface area (Å²) < 4.78 is 5.37. The van der Waals surface area contributed by atoms with Crippen molar-refractivity contribution >= 4 is 16.7 Å². The Morgan fingerprint density at radius 2 is 2.12 bits per heavy atom. The number of nitrogens with one attached hydrogen (secondary N) is 1. The average Bonchev–Trinajstić information content (AvgIpc) is 2.38. The summed E-state index contributed by atoms with van der Waals surface area (Å²) in [5.41, 5.74) is 3.39. The molecule has 1 aromatic carbocycles. The summed E-state index contributed by atoms with van der Waals surface area (Å²) >= 11 is 0. The first-order valence-corrected chi connectivity index (χ1v) is 5.86. The zero-order valence-electron chi connectivity index (χ0n) is 10.8. The summed E-state index contributed by atoms with van der Waals surface area (Å²) in [7, 11) is 3.58. The minimum Gasteiger partial charge on any atom is -0.494 e. The van der Waals surface area contributed by atoms with Gasteiger partial charge in [0.2, 0.25) is 0 Å². The van der Waals surface area contributed by atoms with Crippen LogP contribution in [0, 0.1) is 6.92 Å². The molecule has 0 unspecified atom stereocenters. The van der Waals surface area contributed by atoms with Crippen molar-refractivity contribution in [3.05, 3.63) is 29.3 Å². The van der Waals surface area contributed by atoms with Gasteiger partial charge in [0, 0.05) is 12.4 Å². The number of aromatic nitrogens is 1. The van der Waals surface area contributed by atoms with Gasteiger partial charge in [0.05, 0.1) is 7.11 Å². The molecule has 3 nitrogen and oxygen atoms in total. The molecule has 0 saturated heterocycles. The second-order valence-electron chi connectivity index (χ2n) is 4.08. The van der Waals surface area contributed by atoms with Crippen LogP contribution in [0.15, 0.2) is 18.2 Å². The van der Waals surface area contributed by atoms with E-state index in [1.807, 2.05) is 13.1 Å². The Morgan fingerprint density at radius 1 is 1.35 bits per heavy atom. The molecule has 17 heavy (non-hydrogen) atoms. The molecule has 3 heteroatoms. The van der Waals surface area contributed by atoms with Crippen molar-refractivity contribution in [2.45, 2.75) is 20.3 Å². The van der Waals surface area contributed by atoms with E-state index in [0.29, 0.717) is 0 Å². The van der Waals surface area contributed by atoms with Gasteiger partial charge in [0.1, 0.15) is 17.1 Å². The molecule has 0 radical (unpaired) electrons. The Morgan fingerprint density at radius 3 is 2.71 bits per heavy atom. The SMILES string of the molecule is CCc1cc2c(C)ccc(OC)c2nc1NC. The highest BCUT2D eigenvalue weighted by atomic mass is 16.5. The monoisotopic (exact) mass is 230 g/mol. The van der Waals surface area contributed by atoms with Crippen LogP contribution in [0.5, 0.6) is 5.75 Å². The van der Waals surface area contributed by atoms with Gasteiger partial charge in [-0.1, -0.05) is 13.0 Å². The van der Waals surface area contributed by atoms with E-state index < -0.39 is 0 Å². The van der Waals surface area contributed by atoms with Crippen LogP contribution in [0.2, 0.25) is 0 Å². The summed E-state index contributed by atoms with van der Waals surface area (Å²) in [5, 5.41) is 4.31. The van der Waals surface area contributed by atoms with Gasteiger partial charge in [-0.3, -0.25) is 0 Å². The predicted octanol–water partition coefficient (Wildman–Crippen LogP) is 3.16. The van der Waals surface area contributed by atoms with Crippen molar-refractivity contribution in [1.82, 2.24) is 4.98 Å². The average molecular weight is 230 g/mol. The normalized spacial score (nSPS) is 10.6. The first kappa shape index (κ1) is 11.7. The number of benzene rings is 1. The third kappa shape index (κ3) is 1.93. The van der Waals surface area contributed by atoms with E-state index in [9.17, 15) is 0 Å². The highest BCUT2D eigenvalue weighted by Crippen LogP contribution is 2.30. The fraction of sp³-hybridized carbons (Fsp3) is 0.357. The number of ether oxygens (including phenoxy) is 1. The summed E-state index contributed by atoms with van der Waals surface area (Å²) in [6, 6.07) is 6.24. The lowest BCUT2D eigenvalue weighted by molar-refractivity contribution is 0.419. The van der Waals surface area contributed by atoms with Gasteiger partial charge >= 0.3 is 0 Å². The Labute approximate surface area is 102 Å². The van der Waals surface area contributed by atoms with E-state index in [-0.39, 0.29) is 0 Å². The van der Waals surface area contributed by atoms with Crippen molar-refractivity contribution in [2.75, 3.05) is 19.5 Å². The lowest BCUT2D eigenvalue weighted by Crippen LogP contribution is -2.00. The minimum absolute atomic E-state index is 0.824. The van der Waals surface area contributed by atoms with E-state index in [1.54, 1.807) is 7.11 Å². The van der Waals surface area contributed by atoms with E-state index >= 15 is 0 Å². The van der Waals surface area contributed by atoms with Gasteiger partial charge in [-0.2, -0.15) is 0 Å². The zero-order valence-corrected chi connectivity index (χ0v) is 10.8. The maximum Gasteiger partial charge on any atom is 0.145 e. The van der Waals surface area contributed by atoms with Gasteiger partial charge in [0.25, 0.3) is 0 Å². The Bertz CT molecular complexity index is 549. The fourth-order valence-corrected chi connectivity index (χ4v) is 2.06. The first-order chi connectivity index (χ1) is 8.21. The highest BCUT2D eigenvalue weighted by molar-refractivity contribution is 5.89. The van der Waals surface area contributed by atoms with Gasteiger partial charge in [-0.25, -0.2) is 4.98 Å². The van der Waals surface area contributed by atoms with Crippen LogP contribution in [-0.4, -0.2) is 19.1 Å². The summed E-state index contributed by atoms with van der Waals surface area (Å²) in [6.45, 7) is 4.24. The van der Waals surface area contributed by atoms with Crippen LogP contribution in [0.25, 0.3) is 10.9 Å². The molecule has 1 aromatic heterocycles. The smallest absolute Gasteiger partial charge is 0.145 e. The van der Waals surface area contributed by atoms with Crippen LogP contribution in [-0.2, 0) is 6.42 Å². The van der Waals surface area contributed by atoms with Crippen LogP contribution < -0.4 is 10.1 Å². The fourth-order valence-electron chi connectivity index (χ4n) is 2.06. The molecule has 0 aliphatic rings. The maximum absolute atomic E-state index is 5.37. The van der Waals surface area contributed by atoms with Gasteiger partial charge < -0.3 is 10.1 Å². The number of rotatable bonds is 3. The maximum atomic E-state index is 5.37. The van der Waals surface area contributed by atoms with Crippen LogP contribution >= 0.6 is 0 Å². The topological polar surface area (TPSA) is 34.1 Å². The van der Waals surface area contributed by atoms with E-state index in [0.717, 1.165) is 23.5 Å². The molecule has 0 amide bonds. The first-order valence-electron chi connectivity index (χ1n) is 5.86. The second-order valence-corrected chi connectivity index (χ2v) is 4.08. The Kier molecular flexibility index (Phi) is 3.18. The number of hydrogen-bond donors (Lipinski definition) is 1. The van der Waals surface area contributed by atoms with Crippen LogP contribution in [0.1, 0.15) is 18.1 Å². The van der Waals surface area contributed by atoms with Crippen LogP contribution in [0.4, 0.5) is 5.82 Å². The molecule has 1 heterocycles. The van der Waals surface area contributed by atoms with Crippen LogP contribution in [0.3, 0.4) is 0 Å². The summed E-state index contributed by atoms with van der Waals surface area (Å²) in [6.07, 6.45) is 0.968. The third-order valence-corrected chi connectivity index (χ3v) is 3.08. The molecule has 0 bridgehead atoms. The molecule has 2 rings (SSSR count). The lowest BCUT2D eigenvalue weighted by atomic mass is 10.1. The van der Waals surface area contributed by atoms with Gasteiger partial charge in [-0.05, 0) is 36.6 Å². The molecule has 0 aliphatic carbocycles. The molecule has 0 fully saturated rings. The Hall–Kier alpha value is -1.77. The number of fused-ring (bicyclic) bond motifs is 1. The third-order valence-electron chi connectivity index (χ3n) is 3.08. The van der Waals surface area contributed by atoms with Crippen molar-refractivity contribution in [2.24, 2.45) is 0 Å². The molecule has 1 N–H and O–H groups in total. The molecular formula is C14H18N2O. The van der Waals surface area contributed by atoms with Gasteiger partial charge in [-0.15, -0.1) is 0 Å². The summed E-state index contributed by atoms with van der Waals surface area (Å²) in [4.78, 5) is 4.66. The largest absolute Gasteiger partial charge is 0.494 e. The molecule has 0 aliphatic heterocycles. The molecule has 0 atom stereocenters. The zero-order chi connectivity index (χ0) is 12.4. The summed E-state index contributed by atoms with van der Waals surface area (Å²) in [5.74, 6) is 1.76. The Balaban J connectivity index is 2.80. The minimum atomic E-state index is 0.824. The molecular weight excluding hydrogens is 212 g/mol. The second kappa shape index (κ2) is 4.62. The number of anilines is 1. The van der Waals surface area contributed by atoms with Crippen molar-refractivity contribution in [3.63, 3.8) is 0 Å². The number of pyridine rings is 1. The van der Waals surface area contributed by atoms with E-state index in [1.165, 1.54) is 16.5 Å². The standard InChI is InChI=1S/C14H18N2O/c1-5-10-8-11-9(2)6-7-12(17-4)13(11)16-14(10)15-3/h6-8H,5H2,1-4H3,(H,15,16). The molecule has 2 aromatic rings. The predicted molar refractivity (Wildman–Crippen MR) is 72.0 cm³/mol. The van der Waals surface area contributed by atoms with Crippen molar-refractivity contribution in [3.8, 4) is 5.75 Å². The highest BCUT2D eigenvalue weighted by Gasteiger charge is 2.09. The number of methoxy groups -OCH3 is 1. The quantitative estimate of drug-likeness (QED) is 0.879. The molecule has 0 saturated carbocycles. The van der Waals surface area contributed by atoms with Crippen molar-refractivity contribution in [1.29, 1.82) is 0 Å². The van der Waals surface area contributed by atoms with Gasteiger partial charge in [0.15, 0.2) is 0 Å².